The number of nitrogens with one attached hydrogen (secondary N) is 1. The maximum atomic E-state index is 12.2. The van der Waals surface area contributed by atoms with Crippen LogP contribution in [0.2, 0.25) is 15.1 Å². The molecule has 4 nitrogen and oxygen atoms in total. The first kappa shape index (κ1) is 15.3. The molecule has 2 aromatic rings. The molecule has 0 unspecified atom stereocenters. The van der Waals surface area contributed by atoms with E-state index in [4.69, 9.17) is 34.8 Å². The molecule has 0 bridgehead atoms. The molecule has 106 valence electrons. The second-order valence-corrected chi connectivity index (χ2v) is 6.72. The molecule has 0 aromatic heterocycles. The molecule has 2 aromatic carbocycles. The van der Waals surface area contributed by atoms with Gasteiger partial charge in [-0.25, -0.2) is 8.42 Å². The predicted octanol–water partition coefficient (Wildman–Crippen LogP) is 4.15. The molecular weight excluding hydrogens is 345 g/mol. The van der Waals surface area contributed by atoms with Gasteiger partial charge in [0.15, 0.2) is 0 Å². The highest BCUT2D eigenvalue weighted by atomic mass is 35.5. The van der Waals surface area contributed by atoms with Crippen molar-refractivity contribution >= 4 is 50.5 Å². The van der Waals surface area contributed by atoms with E-state index >= 15 is 0 Å². The molecule has 0 fully saturated rings. The van der Waals surface area contributed by atoms with E-state index in [1.54, 1.807) is 0 Å². The van der Waals surface area contributed by atoms with Crippen LogP contribution in [-0.4, -0.2) is 13.5 Å². The van der Waals surface area contributed by atoms with Crippen LogP contribution in [0.1, 0.15) is 0 Å². The van der Waals surface area contributed by atoms with Crippen molar-refractivity contribution in [2.75, 3.05) is 4.72 Å². The van der Waals surface area contributed by atoms with Crippen molar-refractivity contribution in [3.05, 3.63) is 51.5 Å². The Bertz CT molecular complexity index is 763. The lowest BCUT2D eigenvalue weighted by molar-refractivity contribution is 0.475. The third kappa shape index (κ3) is 3.30. The lowest BCUT2D eigenvalue weighted by Crippen LogP contribution is -2.13. The molecule has 0 aliphatic heterocycles. The zero-order valence-corrected chi connectivity index (χ0v) is 12.9. The number of halogens is 3. The highest BCUT2D eigenvalue weighted by Gasteiger charge is 2.20. The second kappa shape index (κ2) is 5.69. The maximum absolute atomic E-state index is 12.2. The number of sulfonamides is 1. The first-order valence-corrected chi connectivity index (χ1v) is 7.88. The van der Waals surface area contributed by atoms with Crippen LogP contribution in [0.4, 0.5) is 5.69 Å². The number of phenolic OH excluding ortho intramolecular Hbond substituents is 1. The lowest BCUT2D eigenvalue weighted by Gasteiger charge is -2.10. The number of hydrogen-bond acceptors (Lipinski definition) is 3. The van der Waals surface area contributed by atoms with Crippen LogP contribution in [0.25, 0.3) is 0 Å². The molecule has 0 radical (unpaired) electrons. The Morgan fingerprint density at radius 3 is 2.25 bits per heavy atom. The second-order valence-electron chi connectivity index (χ2n) is 3.85. The van der Waals surface area contributed by atoms with Crippen LogP contribution in [0, 0.1) is 0 Å². The van der Waals surface area contributed by atoms with E-state index in [2.05, 4.69) is 4.72 Å². The van der Waals surface area contributed by atoms with Gasteiger partial charge in [0.25, 0.3) is 10.0 Å². The summed E-state index contributed by atoms with van der Waals surface area (Å²) in [6.45, 7) is 0. The van der Waals surface area contributed by atoms with E-state index in [9.17, 15) is 13.5 Å². The third-order valence-electron chi connectivity index (χ3n) is 2.36. The van der Waals surface area contributed by atoms with Gasteiger partial charge < -0.3 is 5.11 Å². The van der Waals surface area contributed by atoms with Gasteiger partial charge in [0.05, 0.1) is 20.8 Å². The molecule has 0 saturated heterocycles. The van der Waals surface area contributed by atoms with Crippen molar-refractivity contribution in [3.8, 4) is 5.75 Å². The van der Waals surface area contributed by atoms with Gasteiger partial charge in [-0.2, -0.15) is 0 Å². The van der Waals surface area contributed by atoms with Crippen LogP contribution in [-0.2, 0) is 10.0 Å². The molecule has 0 saturated carbocycles. The molecular formula is C12H8Cl3NO3S. The molecule has 2 N–H and O–H groups in total. The minimum absolute atomic E-state index is 0.0490. The van der Waals surface area contributed by atoms with Crippen molar-refractivity contribution < 1.29 is 13.5 Å². The summed E-state index contributed by atoms with van der Waals surface area (Å²) >= 11 is 17.4. The highest BCUT2D eigenvalue weighted by molar-refractivity contribution is 7.92. The van der Waals surface area contributed by atoms with Crippen molar-refractivity contribution in [1.82, 2.24) is 0 Å². The van der Waals surface area contributed by atoms with Gasteiger partial charge in [-0.3, -0.25) is 4.72 Å². The van der Waals surface area contributed by atoms with E-state index in [0.29, 0.717) is 0 Å². The standard InChI is InChI=1S/C12H8Cl3NO3S/c13-9-5-11(15)12(6-10(9)14)20(18,19)16-7-2-1-3-8(17)4-7/h1-6,16-17H. The third-order valence-corrected chi connectivity index (χ3v) is 4.93. The number of hydrogen-bond donors (Lipinski definition) is 2. The van der Waals surface area contributed by atoms with Crippen molar-refractivity contribution in [1.29, 1.82) is 0 Å². The fourth-order valence-corrected chi connectivity index (χ4v) is 3.54. The fraction of sp³-hybridized carbons (Fsp3) is 0. The fourth-order valence-electron chi connectivity index (χ4n) is 1.49. The maximum Gasteiger partial charge on any atom is 0.263 e. The Kier molecular flexibility index (Phi) is 4.34. The van der Waals surface area contributed by atoms with Crippen LogP contribution >= 0.6 is 34.8 Å². The normalized spacial score (nSPS) is 11.3. The predicted molar refractivity (Wildman–Crippen MR) is 80.4 cm³/mol. The summed E-state index contributed by atoms with van der Waals surface area (Å²) in [5, 5.41) is 9.50. The zero-order chi connectivity index (χ0) is 14.9. The van der Waals surface area contributed by atoms with Crippen molar-refractivity contribution in [2.45, 2.75) is 4.90 Å². The first-order valence-electron chi connectivity index (χ1n) is 5.26. The Morgan fingerprint density at radius 1 is 0.950 bits per heavy atom. The molecule has 0 aliphatic rings. The zero-order valence-electron chi connectivity index (χ0n) is 9.77. The molecule has 0 heterocycles. The summed E-state index contributed by atoms with van der Waals surface area (Å²) in [5.41, 5.74) is 0.201. The lowest BCUT2D eigenvalue weighted by atomic mass is 10.3. The summed E-state index contributed by atoms with van der Waals surface area (Å²) in [6, 6.07) is 8.10. The molecule has 0 atom stereocenters. The minimum Gasteiger partial charge on any atom is -0.508 e. The summed E-state index contributed by atoms with van der Waals surface area (Å²) in [6.07, 6.45) is 0. The average Bonchev–Trinajstić information content (AvgIpc) is 2.33. The Hall–Kier alpha value is -1.14. The molecule has 2 rings (SSSR count). The Balaban J connectivity index is 2.43. The van der Waals surface area contributed by atoms with Gasteiger partial charge in [0.1, 0.15) is 10.6 Å². The molecule has 0 amide bonds. The number of anilines is 1. The summed E-state index contributed by atoms with van der Waals surface area (Å²) in [4.78, 5) is -0.197. The summed E-state index contributed by atoms with van der Waals surface area (Å²) < 4.78 is 26.7. The van der Waals surface area contributed by atoms with Crippen LogP contribution < -0.4 is 4.72 Å². The van der Waals surface area contributed by atoms with E-state index in [0.717, 1.165) is 6.07 Å². The first-order chi connectivity index (χ1) is 9.29. The monoisotopic (exact) mass is 351 g/mol. The largest absolute Gasteiger partial charge is 0.508 e. The van der Waals surface area contributed by atoms with Gasteiger partial charge in [-0.05, 0) is 24.3 Å². The van der Waals surface area contributed by atoms with E-state index in [-0.39, 0.29) is 31.4 Å². The number of rotatable bonds is 3. The van der Waals surface area contributed by atoms with Crippen LogP contribution in [0.3, 0.4) is 0 Å². The van der Waals surface area contributed by atoms with E-state index < -0.39 is 10.0 Å². The summed E-state index contributed by atoms with van der Waals surface area (Å²) in [7, 11) is -3.94. The quantitative estimate of drug-likeness (QED) is 0.815. The van der Waals surface area contributed by atoms with Gasteiger partial charge in [-0.1, -0.05) is 40.9 Å². The molecule has 20 heavy (non-hydrogen) atoms. The van der Waals surface area contributed by atoms with Gasteiger partial charge in [-0.15, -0.1) is 0 Å². The molecule has 8 heteroatoms. The van der Waals surface area contributed by atoms with Gasteiger partial charge >= 0.3 is 0 Å². The number of benzene rings is 2. The van der Waals surface area contributed by atoms with Crippen molar-refractivity contribution in [3.63, 3.8) is 0 Å². The van der Waals surface area contributed by atoms with Gasteiger partial charge in [0.2, 0.25) is 0 Å². The van der Waals surface area contributed by atoms with Crippen molar-refractivity contribution in [2.24, 2.45) is 0 Å². The Labute approximate surface area is 131 Å². The Morgan fingerprint density at radius 2 is 1.60 bits per heavy atom. The molecule has 0 aliphatic carbocycles. The van der Waals surface area contributed by atoms with E-state index in [1.807, 2.05) is 0 Å². The number of aromatic hydroxyl groups is 1. The summed E-state index contributed by atoms with van der Waals surface area (Å²) in [5.74, 6) is -0.0644. The van der Waals surface area contributed by atoms with Gasteiger partial charge in [0, 0.05) is 6.07 Å². The topological polar surface area (TPSA) is 66.4 Å². The molecule has 0 spiro atoms. The van der Waals surface area contributed by atoms with E-state index in [1.165, 1.54) is 30.3 Å². The van der Waals surface area contributed by atoms with Crippen LogP contribution in [0.15, 0.2) is 41.3 Å². The highest BCUT2D eigenvalue weighted by Crippen LogP contribution is 2.32. The minimum atomic E-state index is -3.94. The average molecular weight is 353 g/mol. The number of phenols is 1. The smallest absolute Gasteiger partial charge is 0.263 e. The SMILES string of the molecule is O=S(=O)(Nc1cccc(O)c1)c1cc(Cl)c(Cl)cc1Cl. The van der Waals surface area contributed by atoms with Crippen LogP contribution in [0.5, 0.6) is 5.75 Å².